The fourth-order valence-electron chi connectivity index (χ4n) is 1.52. The zero-order valence-corrected chi connectivity index (χ0v) is 10.4. The van der Waals surface area contributed by atoms with E-state index in [0.717, 1.165) is 5.69 Å². The van der Waals surface area contributed by atoms with Gasteiger partial charge in [0.2, 0.25) is 0 Å². The molecule has 0 aliphatic carbocycles. The Morgan fingerprint density at radius 2 is 2.32 bits per heavy atom. The van der Waals surface area contributed by atoms with Crippen molar-refractivity contribution in [1.82, 2.24) is 29.8 Å². The summed E-state index contributed by atoms with van der Waals surface area (Å²) in [6.07, 6.45) is 1.45. The minimum atomic E-state index is -0.347. The molecule has 1 N–H and O–H groups in total. The maximum atomic E-state index is 13.7. The Morgan fingerprint density at radius 1 is 1.37 bits per heavy atom. The molecule has 0 spiro atoms. The van der Waals surface area contributed by atoms with Crippen LogP contribution in [0.1, 0.15) is 5.69 Å². The van der Waals surface area contributed by atoms with Gasteiger partial charge in [-0.3, -0.25) is 0 Å². The lowest BCUT2D eigenvalue weighted by Crippen LogP contribution is -2.04. The highest BCUT2D eigenvalue weighted by atomic mass is 32.1. The van der Waals surface area contributed by atoms with Gasteiger partial charge < -0.3 is 5.32 Å². The molecule has 2 heterocycles. The molecule has 0 saturated carbocycles. The molecular weight excluding hydrogens is 269 g/mol. The van der Waals surface area contributed by atoms with E-state index in [9.17, 15) is 4.39 Å². The molecule has 9 heteroatoms. The monoisotopic (exact) mass is 277 g/mol. The lowest BCUT2D eigenvalue weighted by atomic mass is 10.2. The molecule has 0 saturated heterocycles. The molecule has 0 fully saturated rings. The fourth-order valence-corrected chi connectivity index (χ4v) is 1.97. The number of rotatable bonds is 4. The van der Waals surface area contributed by atoms with Gasteiger partial charge in [-0.1, -0.05) is 4.49 Å². The predicted molar refractivity (Wildman–Crippen MR) is 66.3 cm³/mol. The van der Waals surface area contributed by atoms with Gasteiger partial charge in [-0.25, -0.2) is 9.07 Å². The number of nitrogens with zero attached hydrogens (tertiary/aromatic N) is 6. The van der Waals surface area contributed by atoms with Crippen LogP contribution >= 0.6 is 11.5 Å². The summed E-state index contributed by atoms with van der Waals surface area (Å²) < 4.78 is 18.9. The first-order valence-electron chi connectivity index (χ1n) is 5.35. The molecule has 2 aromatic heterocycles. The van der Waals surface area contributed by atoms with Crippen molar-refractivity contribution in [2.75, 3.05) is 5.32 Å². The average Bonchev–Trinajstić information content (AvgIpc) is 3.11. The second-order valence-electron chi connectivity index (χ2n) is 3.67. The third kappa shape index (κ3) is 2.55. The van der Waals surface area contributed by atoms with E-state index in [1.165, 1.54) is 28.6 Å². The second-order valence-corrected chi connectivity index (χ2v) is 4.28. The summed E-state index contributed by atoms with van der Waals surface area (Å²) in [6.45, 7) is 0.409. The van der Waals surface area contributed by atoms with Gasteiger partial charge in [0.1, 0.15) is 12.1 Å². The molecule has 96 valence electrons. The number of hydrogen-bond acceptors (Lipinski definition) is 7. The normalized spacial score (nSPS) is 10.6. The number of aromatic nitrogens is 6. The number of benzene rings is 1. The van der Waals surface area contributed by atoms with E-state index in [1.807, 2.05) is 0 Å². The lowest BCUT2D eigenvalue weighted by molar-refractivity contribution is 0.629. The molecule has 1 aromatic carbocycles. The summed E-state index contributed by atoms with van der Waals surface area (Å²) >= 11 is 1.25. The van der Waals surface area contributed by atoms with Crippen LogP contribution < -0.4 is 5.32 Å². The second kappa shape index (κ2) is 5.06. The molecule has 0 aliphatic rings. The van der Waals surface area contributed by atoms with Crippen LogP contribution in [0.2, 0.25) is 0 Å². The summed E-state index contributed by atoms with van der Waals surface area (Å²) in [5.41, 5.74) is 1.79. The Labute approximate surface area is 111 Å². The Morgan fingerprint density at radius 3 is 3.05 bits per heavy atom. The molecule has 0 radical (unpaired) electrons. The van der Waals surface area contributed by atoms with E-state index < -0.39 is 0 Å². The van der Waals surface area contributed by atoms with Crippen LogP contribution in [-0.4, -0.2) is 29.8 Å². The third-order valence-corrected chi connectivity index (χ3v) is 2.98. The van der Waals surface area contributed by atoms with Gasteiger partial charge in [-0.05, 0) is 40.2 Å². The van der Waals surface area contributed by atoms with Gasteiger partial charge in [-0.2, -0.15) is 0 Å². The van der Waals surface area contributed by atoms with E-state index in [1.54, 1.807) is 17.5 Å². The van der Waals surface area contributed by atoms with Crippen molar-refractivity contribution in [3.8, 4) is 5.69 Å². The zero-order chi connectivity index (χ0) is 13.1. The Balaban J connectivity index is 1.82. The molecular formula is C10H8FN7S. The first kappa shape index (κ1) is 11.7. The van der Waals surface area contributed by atoms with Crippen molar-refractivity contribution in [2.45, 2.75) is 6.54 Å². The highest BCUT2D eigenvalue weighted by Crippen LogP contribution is 2.18. The molecule has 0 bridgehead atoms. The van der Waals surface area contributed by atoms with Crippen molar-refractivity contribution in [2.24, 2.45) is 0 Å². The minimum absolute atomic E-state index is 0.347. The van der Waals surface area contributed by atoms with Crippen molar-refractivity contribution >= 4 is 17.2 Å². The third-order valence-electron chi connectivity index (χ3n) is 2.43. The first-order valence-corrected chi connectivity index (χ1v) is 6.19. The number of halogens is 1. The molecule has 3 rings (SSSR count). The van der Waals surface area contributed by atoms with Crippen molar-refractivity contribution < 1.29 is 4.39 Å². The van der Waals surface area contributed by atoms with Gasteiger partial charge in [0, 0.05) is 5.38 Å². The highest BCUT2D eigenvalue weighted by Gasteiger charge is 2.06. The maximum absolute atomic E-state index is 13.7. The van der Waals surface area contributed by atoms with Gasteiger partial charge in [0.15, 0.2) is 0 Å². The SMILES string of the molecule is Fc1ccc(-n2cnnn2)cc1NCc1csnn1. The van der Waals surface area contributed by atoms with Crippen molar-refractivity contribution in [3.05, 3.63) is 41.4 Å². The van der Waals surface area contributed by atoms with Crippen LogP contribution in [-0.2, 0) is 6.54 Å². The minimum Gasteiger partial charge on any atom is -0.377 e. The quantitative estimate of drug-likeness (QED) is 0.773. The van der Waals surface area contributed by atoms with E-state index in [0.29, 0.717) is 17.9 Å². The molecule has 0 aliphatic heterocycles. The number of hydrogen-bond donors (Lipinski definition) is 1. The molecule has 3 aromatic rings. The number of nitrogens with one attached hydrogen (secondary N) is 1. The molecule has 0 amide bonds. The average molecular weight is 277 g/mol. The van der Waals surface area contributed by atoms with E-state index in [4.69, 9.17) is 0 Å². The summed E-state index contributed by atoms with van der Waals surface area (Å²) in [6, 6.07) is 4.59. The van der Waals surface area contributed by atoms with Gasteiger partial charge in [-0.15, -0.1) is 10.2 Å². The van der Waals surface area contributed by atoms with Gasteiger partial charge >= 0.3 is 0 Å². The summed E-state index contributed by atoms with van der Waals surface area (Å²) in [5, 5.41) is 19.5. The van der Waals surface area contributed by atoms with E-state index in [-0.39, 0.29) is 5.82 Å². The molecule has 7 nitrogen and oxygen atoms in total. The van der Waals surface area contributed by atoms with Crippen LogP contribution in [0.5, 0.6) is 0 Å². The van der Waals surface area contributed by atoms with Crippen LogP contribution in [0.3, 0.4) is 0 Å². The Bertz CT molecular complexity index is 653. The lowest BCUT2D eigenvalue weighted by Gasteiger charge is -2.07. The van der Waals surface area contributed by atoms with Gasteiger partial charge in [0.05, 0.1) is 23.6 Å². The predicted octanol–water partition coefficient (Wildman–Crippen LogP) is 1.26. The smallest absolute Gasteiger partial charge is 0.146 e. The largest absolute Gasteiger partial charge is 0.377 e. The van der Waals surface area contributed by atoms with Crippen LogP contribution in [0, 0.1) is 5.82 Å². The number of anilines is 1. The maximum Gasteiger partial charge on any atom is 0.146 e. The molecule has 0 unspecified atom stereocenters. The van der Waals surface area contributed by atoms with Crippen molar-refractivity contribution in [1.29, 1.82) is 0 Å². The van der Waals surface area contributed by atoms with Crippen LogP contribution in [0.15, 0.2) is 29.9 Å². The standard InChI is InChI=1S/C10H8FN7S/c11-9-2-1-8(18-6-13-15-16-18)3-10(9)12-4-7-5-19-17-14-7/h1-3,5-6,12H,4H2. The first-order chi connectivity index (χ1) is 9.33. The molecule has 19 heavy (non-hydrogen) atoms. The number of tetrazole rings is 1. The summed E-state index contributed by atoms with van der Waals surface area (Å²) in [5.74, 6) is -0.347. The fraction of sp³-hybridized carbons (Fsp3) is 0.100. The summed E-state index contributed by atoms with van der Waals surface area (Å²) in [7, 11) is 0. The zero-order valence-electron chi connectivity index (χ0n) is 9.56. The summed E-state index contributed by atoms with van der Waals surface area (Å²) in [4.78, 5) is 0. The van der Waals surface area contributed by atoms with Crippen LogP contribution in [0.25, 0.3) is 5.69 Å². The van der Waals surface area contributed by atoms with E-state index >= 15 is 0 Å². The molecule has 0 atom stereocenters. The van der Waals surface area contributed by atoms with Gasteiger partial charge in [0.25, 0.3) is 0 Å². The Hall–Kier alpha value is -2.42. The van der Waals surface area contributed by atoms with E-state index in [2.05, 4.69) is 30.4 Å². The Kier molecular flexibility index (Phi) is 3.11. The van der Waals surface area contributed by atoms with Crippen LogP contribution in [0.4, 0.5) is 10.1 Å². The van der Waals surface area contributed by atoms with Crippen molar-refractivity contribution in [3.63, 3.8) is 0 Å². The highest BCUT2D eigenvalue weighted by molar-refractivity contribution is 7.03. The topological polar surface area (TPSA) is 81.4 Å².